The van der Waals surface area contributed by atoms with E-state index in [0.717, 1.165) is 22.0 Å². The van der Waals surface area contributed by atoms with Gasteiger partial charge in [-0.15, -0.1) is 0 Å². The van der Waals surface area contributed by atoms with Gasteiger partial charge in [-0.2, -0.15) is 13.2 Å². The fourth-order valence-corrected chi connectivity index (χ4v) is 3.36. The highest BCUT2D eigenvalue weighted by molar-refractivity contribution is 5.92. The predicted octanol–water partition coefficient (Wildman–Crippen LogP) is 4.55. The summed E-state index contributed by atoms with van der Waals surface area (Å²) in [7, 11) is 0. The zero-order valence-electron chi connectivity index (χ0n) is 15.8. The molecule has 0 bridgehead atoms. The van der Waals surface area contributed by atoms with Gasteiger partial charge in [0.2, 0.25) is 5.82 Å². The zero-order valence-corrected chi connectivity index (χ0v) is 15.8. The first-order chi connectivity index (χ1) is 14.2. The number of carbonyl (C=O) groups is 1. The van der Waals surface area contributed by atoms with Crippen molar-refractivity contribution in [1.29, 1.82) is 0 Å². The first-order valence-electron chi connectivity index (χ1n) is 9.12. The highest BCUT2D eigenvalue weighted by Gasteiger charge is 2.36. The molecule has 2 heterocycles. The van der Waals surface area contributed by atoms with Gasteiger partial charge in [-0.3, -0.25) is 0 Å². The fraction of sp³-hybridized carbons (Fsp3) is 0.190. The molecule has 0 amide bonds. The second-order valence-electron chi connectivity index (χ2n) is 7.01. The van der Waals surface area contributed by atoms with Crippen molar-refractivity contribution in [3.8, 4) is 0 Å². The number of benzene rings is 2. The number of H-pyrrole nitrogens is 1. The molecule has 0 aliphatic rings. The largest absolute Gasteiger partial charge is 0.480 e. The minimum Gasteiger partial charge on any atom is -0.480 e. The first-order valence-corrected chi connectivity index (χ1v) is 9.12. The summed E-state index contributed by atoms with van der Waals surface area (Å²) in [5.74, 6) is -2.69. The van der Waals surface area contributed by atoms with Gasteiger partial charge in [-0.25, -0.2) is 14.8 Å². The van der Waals surface area contributed by atoms with E-state index in [-0.39, 0.29) is 17.8 Å². The van der Waals surface area contributed by atoms with Crippen LogP contribution < -0.4 is 5.32 Å². The summed E-state index contributed by atoms with van der Waals surface area (Å²) in [6, 6.07) is 10.9. The van der Waals surface area contributed by atoms with Crippen LogP contribution in [0.1, 0.15) is 17.0 Å². The molecule has 1 unspecified atom stereocenters. The zero-order chi connectivity index (χ0) is 21.5. The number of carboxylic acids is 1. The summed E-state index contributed by atoms with van der Waals surface area (Å²) in [6.45, 7) is 1.78. The summed E-state index contributed by atoms with van der Waals surface area (Å²) in [5.41, 5.74) is 2.45. The number of aromatic nitrogens is 3. The molecule has 154 valence electrons. The number of anilines is 1. The lowest BCUT2D eigenvalue weighted by atomic mass is 10.0. The van der Waals surface area contributed by atoms with Crippen LogP contribution in [0.4, 0.5) is 19.0 Å². The van der Waals surface area contributed by atoms with E-state index in [1.165, 1.54) is 6.07 Å². The number of carboxylic acid groups (broad SMARTS) is 1. The minimum atomic E-state index is -4.76. The molecule has 30 heavy (non-hydrogen) atoms. The van der Waals surface area contributed by atoms with E-state index in [1.54, 1.807) is 25.3 Å². The van der Waals surface area contributed by atoms with E-state index in [1.807, 2.05) is 24.3 Å². The van der Waals surface area contributed by atoms with Crippen molar-refractivity contribution < 1.29 is 23.1 Å². The molecule has 3 N–H and O–H groups in total. The van der Waals surface area contributed by atoms with Crippen LogP contribution in [0, 0.1) is 6.92 Å². The van der Waals surface area contributed by atoms with Crippen LogP contribution in [0.2, 0.25) is 0 Å². The number of nitrogens with one attached hydrogen (secondary N) is 2. The number of aryl methyl sites for hydroxylation is 1. The third-order valence-corrected chi connectivity index (χ3v) is 4.81. The monoisotopic (exact) mass is 414 g/mol. The topological polar surface area (TPSA) is 90.9 Å². The number of hydrogen-bond donors (Lipinski definition) is 3. The Morgan fingerprint density at radius 2 is 1.93 bits per heavy atom. The Labute approximate surface area is 168 Å². The predicted molar refractivity (Wildman–Crippen MR) is 106 cm³/mol. The quantitative estimate of drug-likeness (QED) is 0.446. The fourth-order valence-electron chi connectivity index (χ4n) is 3.36. The number of fused-ring (bicyclic) bond motifs is 2. The van der Waals surface area contributed by atoms with Gasteiger partial charge in [0, 0.05) is 28.9 Å². The number of rotatable bonds is 5. The van der Waals surface area contributed by atoms with Crippen molar-refractivity contribution >= 4 is 33.6 Å². The number of para-hydroxylation sites is 1. The maximum absolute atomic E-state index is 13.3. The molecule has 6 nitrogen and oxygen atoms in total. The molecule has 2 aromatic heterocycles. The van der Waals surface area contributed by atoms with Crippen molar-refractivity contribution in [2.75, 3.05) is 5.32 Å². The summed E-state index contributed by atoms with van der Waals surface area (Å²) in [5, 5.41) is 13.6. The maximum Gasteiger partial charge on any atom is 0.451 e. The number of hydrogen-bond acceptors (Lipinski definition) is 4. The molecule has 0 aliphatic heterocycles. The number of alkyl halides is 3. The lowest BCUT2D eigenvalue weighted by Crippen LogP contribution is -2.32. The molecule has 0 aliphatic carbocycles. The molecular weight excluding hydrogens is 397 g/mol. The molecule has 0 fully saturated rings. The van der Waals surface area contributed by atoms with Crippen LogP contribution in [0.5, 0.6) is 0 Å². The highest BCUT2D eigenvalue weighted by atomic mass is 19.4. The lowest BCUT2D eigenvalue weighted by Gasteiger charge is -2.18. The summed E-state index contributed by atoms with van der Waals surface area (Å²) >= 11 is 0. The average Bonchev–Trinajstić information content (AvgIpc) is 3.09. The van der Waals surface area contributed by atoms with E-state index in [4.69, 9.17) is 0 Å². The third kappa shape index (κ3) is 3.78. The number of nitrogens with zero attached hydrogens (tertiary/aromatic N) is 2. The molecule has 4 rings (SSSR count). The van der Waals surface area contributed by atoms with Gasteiger partial charge in [0.1, 0.15) is 11.9 Å². The van der Waals surface area contributed by atoms with Crippen LogP contribution in [0.3, 0.4) is 0 Å². The smallest absolute Gasteiger partial charge is 0.451 e. The van der Waals surface area contributed by atoms with Crippen LogP contribution >= 0.6 is 0 Å². The second kappa shape index (κ2) is 7.33. The van der Waals surface area contributed by atoms with E-state index in [9.17, 15) is 23.1 Å². The number of aliphatic carboxylic acids is 1. The van der Waals surface area contributed by atoms with Gasteiger partial charge in [0.25, 0.3) is 0 Å². The van der Waals surface area contributed by atoms with E-state index >= 15 is 0 Å². The van der Waals surface area contributed by atoms with Crippen molar-refractivity contribution in [2.45, 2.75) is 25.6 Å². The van der Waals surface area contributed by atoms with E-state index in [0.29, 0.717) is 5.39 Å². The molecule has 0 radical (unpaired) electrons. The molecule has 0 spiro atoms. The van der Waals surface area contributed by atoms with Crippen molar-refractivity contribution in [2.24, 2.45) is 0 Å². The van der Waals surface area contributed by atoms with Crippen LogP contribution in [0.15, 0.2) is 48.7 Å². The Hall–Kier alpha value is -3.62. The normalized spacial score (nSPS) is 12.9. The second-order valence-corrected chi connectivity index (χ2v) is 7.01. The van der Waals surface area contributed by atoms with Gasteiger partial charge in [-0.05, 0) is 30.7 Å². The van der Waals surface area contributed by atoms with Gasteiger partial charge >= 0.3 is 12.1 Å². The van der Waals surface area contributed by atoms with Gasteiger partial charge < -0.3 is 15.4 Å². The molecule has 9 heteroatoms. The Bertz CT molecular complexity index is 1250. The van der Waals surface area contributed by atoms with Crippen molar-refractivity contribution in [1.82, 2.24) is 15.0 Å². The van der Waals surface area contributed by atoms with Gasteiger partial charge in [0.05, 0.1) is 5.52 Å². The molecule has 2 aromatic carbocycles. The SMILES string of the molecule is Cc1ccc2nc(C(F)(F)F)nc(NC(Cc3c[nH]c4ccccc34)C(=O)O)c2c1. The van der Waals surface area contributed by atoms with Gasteiger partial charge in [0.15, 0.2) is 0 Å². The van der Waals surface area contributed by atoms with E-state index in [2.05, 4.69) is 20.3 Å². The Kier molecular flexibility index (Phi) is 4.81. The summed E-state index contributed by atoms with van der Waals surface area (Å²) in [6.07, 6.45) is -3.01. The Balaban J connectivity index is 1.76. The van der Waals surface area contributed by atoms with Crippen molar-refractivity contribution in [3.05, 3.63) is 65.6 Å². The summed E-state index contributed by atoms with van der Waals surface area (Å²) < 4.78 is 39.8. The maximum atomic E-state index is 13.3. The average molecular weight is 414 g/mol. The summed E-state index contributed by atoms with van der Waals surface area (Å²) in [4.78, 5) is 22.2. The number of halogens is 3. The van der Waals surface area contributed by atoms with E-state index < -0.39 is 24.0 Å². The minimum absolute atomic E-state index is 0.0536. The first kappa shape index (κ1) is 19.7. The van der Waals surface area contributed by atoms with Crippen LogP contribution in [-0.4, -0.2) is 32.1 Å². The Morgan fingerprint density at radius 1 is 1.17 bits per heavy atom. The van der Waals surface area contributed by atoms with Gasteiger partial charge in [-0.1, -0.05) is 29.8 Å². The molecule has 4 aromatic rings. The number of aromatic amines is 1. The molecule has 1 atom stereocenters. The standard InChI is InChI=1S/C21H17F3N4O2/c1-11-6-7-16-14(8-11)18(28-20(27-16)21(22,23)24)26-17(19(29)30)9-12-10-25-15-5-3-2-4-13(12)15/h2-8,10,17,25H,9H2,1H3,(H,29,30)(H,26,27,28). The lowest BCUT2D eigenvalue weighted by molar-refractivity contribution is -0.144. The molecule has 0 saturated heterocycles. The molecular formula is C21H17F3N4O2. The molecule has 0 saturated carbocycles. The highest BCUT2D eigenvalue weighted by Crippen LogP contribution is 2.31. The third-order valence-electron chi connectivity index (χ3n) is 4.81. The van der Waals surface area contributed by atoms with Crippen LogP contribution in [0.25, 0.3) is 21.8 Å². The Morgan fingerprint density at radius 3 is 2.67 bits per heavy atom. The van der Waals surface area contributed by atoms with Crippen LogP contribution in [-0.2, 0) is 17.4 Å². The van der Waals surface area contributed by atoms with Crippen molar-refractivity contribution in [3.63, 3.8) is 0 Å².